The zero-order chi connectivity index (χ0) is 8.18. The number of fused-ring (bicyclic) bond motifs is 1. The third-order valence-corrected chi connectivity index (χ3v) is 4.12. The highest BCUT2D eigenvalue weighted by atomic mass is 32.1. The highest BCUT2D eigenvalue weighted by Gasteiger charge is 2.55. The molecule has 0 N–H and O–H groups in total. The number of hydrogen-bond acceptors (Lipinski definition) is 1. The van der Waals surface area contributed by atoms with Crippen molar-refractivity contribution in [1.82, 2.24) is 0 Å². The molecule has 62 valence electrons. The minimum absolute atomic E-state index is 0.468. The molecule has 1 aromatic heterocycles. The van der Waals surface area contributed by atoms with E-state index in [9.17, 15) is 0 Å². The Morgan fingerprint density at radius 3 is 3.00 bits per heavy atom. The summed E-state index contributed by atoms with van der Waals surface area (Å²) in [5, 5.41) is 4.51. The van der Waals surface area contributed by atoms with Gasteiger partial charge in [-0.2, -0.15) is 11.3 Å². The van der Waals surface area contributed by atoms with E-state index in [2.05, 4.69) is 29.8 Å². The maximum absolute atomic E-state index is 2.50. The van der Waals surface area contributed by atoms with Crippen molar-refractivity contribution in [1.29, 1.82) is 0 Å². The van der Waals surface area contributed by atoms with Gasteiger partial charge in [0.1, 0.15) is 0 Å². The van der Waals surface area contributed by atoms with Gasteiger partial charge in [-0.05, 0) is 41.1 Å². The molecule has 0 spiro atoms. The molecule has 0 radical (unpaired) electrons. The first kappa shape index (κ1) is 6.90. The van der Waals surface area contributed by atoms with Crippen LogP contribution in [-0.4, -0.2) is 0 Å². The smallest absolute Gasteiger partial charge is 0.0209 e. The Bertz CT molecular complexity index is 334. The van der Waals surface area contributed by atoms with E-state index in [-0.39, 0.29) is 0 Å². The maximum atomic E-state index is 2.50. The molecule has 1 heterocycles. The fourth-order valence-corrected chi connectivity index (χ4v) is 3.30. The van der Waals surface area contributed by atoms with E-state index in [1.165, 1.54) is 12.8 Å². The number of rotatable bonds is 2. The van der Waals surface area contributed by atoms with Crippen molar-refractivity contribution in [3.8, 4) is 0 Å². The molecule has 0 saturated heterocycles. The van der Waals surface area contributed by atoms with E-state index in [0.29, 0.717) is 5.41 Å². The minimum Gasteiger partial charge on any atom is -0.152 e. The summed E-state index contributed by atoms with van der Waals surface area (Å²) in [6.07, 6.45) is 5.15. The molecular weight excluding hydrogens is 164 g/mol. The standard InChI is InChI=1S/C11H12S/c1-2-11(6-8-5-10(8)11)9-3-4-12-7-9/h3-4,6-7,10H,2,5H2,1H3. The van der Waals surface area contributed by atoms with Crippen LogP contribution in [0.4, 0.5) is 0 Å². The number of allylic oxidation sites excluding steroid dienone is 2. The molecule has 0 aliphatic heterocycles. The lowest BCUT2D eigenvalue weighted by Gasteiger charge is -2.34. The van der Waals surface area contributed by atoms with Crippen LogP contribution in [0.15, 0.2) is 28.5 Å². The van der Waals surface area contributed by atoms with Crippen LogP contribution in [0.25, 0.3) is 0 Å². The summed E-state index contributed by atoms with van der Waals surface area (Å²) in [6, 6.07) is 2.29. The summed E-state index contributed by atoms with van der Waals surface area (Å²) in [4.78, 5) is 0. The normalized spacial score (nSPS) is 36.8. The van der Waals surface area contributed by atoms with Gasteiger partial charge in [0, 0.05) is 5.41 Å². The lowest BCUT2D eigenvalue weighted by molar-refractivity contribution is 0.434. The first-order chi connectivity index (χ1) is 5.87. The zero-order valence-electron chi connectivity index (χ0n) is 7.21. The topological polar surface area (TPSA) is 0 Å². The van der Waals surface area contributed by atoms with Crippen molar-refractivity contribution >= 4 is 11.3 Å². The van der Waals surface area contributed by atoms with Gasteiger partial charge in [-0.3, -0.25) is 0 Å². The molecule has 1 fully saturated rings. The molecule has 0 amide bonds. The van der Waals surface area contributed by atoms with Crippen LogP contribution in [0, 0.1) is 5.92 Å². The zero-order valence-corrected chi connectivity index (χ0v) is 8.03. The molecule has 1 saturated carbocycles. The van der Waals surface area contributed by atoms with Gasteiger partial charge in [-0.15, -0.1) is 0 Å². The second-order valence-corrected chi connectivity index (χ2v) is 4.66. The van der Waals surface area contributed by atoms with Crippen LogP contribution < -0.4 is 0 Å². The van der Waals surface area contributed by atoms with Crippen molar-refractivity contribution in [2.75, 3.05) is 0 Å². The monoisotopic (exact) mass is 176 g/mol. The van der Waals surface area contributed by atoms with Crippen LogP contribution in [0.2, 0.25) is 0 Å². The van der Waals surface area contributed by atoms with E-state index in [0.717, 1.165) is 5.92 Å². The van der Waals surface area contributed by atoms with E-state index in [1.54, 1.807) is 11.1 Å². The van der Waals surface area contributed by atoms with Gasteiger partial charge >= 0.3 is 0 Å². The summed E-state index contributed by atoms with van der Waals surface area (Å²) >= 11 is 1.82. The van der Waals surface area contributed by atoms with Gasteiger partial charge in [-0.1, -0.05) is 18.6 Å². The summed E-state index contributed by atoms with van der Waals surface area (Å²) in [6.45, 7) is 2.31. The largest absolute Gasteiger partial charge is 0.152 e. The molecule has 2 atom stereocenters. The fraction of sp³-hybridized carbons (Fsp3) is 0.455. The average molecular weight is 176 g/mol. The molecule has 3 rings (SSSR count). The highest BCUT2D eigenvalue weighted by Crippen LogP contribution is 2.64. The van der Waals surface area contributed by atoms with Crippen molar-refractivity contribution < 1.29 is 0 Å². The first-order valence-corrected chi connectivity index (χ1v) is 5.55. The van der Waals surface area contributed by atoms with Gasteiger partial charge in [0.15, 0.2) is 0 Å². The lowest BCUT2D eigenvalue weighted by Crippen LogP contribution is -2.29. The van der Waals surface area contributed by atoms with Crippen molar-refractivity contribution in [3.63, 3.8) is 0 Å². The Morgan fingerprint density at radius 1 is 1.67 bits per heavy atom. The van der Waals surface area contributed by atoms with E-state index in [1.807, 2.05) is 11.3 Å². The Kier molecular flexibility index (Phi) is 1.16. The van der Waals surface area contributed by atoms with Crippen molar-refractivity contribution in [3.05, 3.63) is 34.0 Å². The minimum atomic E-state index is 0.468. The van der Waals surface area contributed by atoms with Crippen LogP contribution in [-0.2, 0) is 5.41 Å². The van der Waals surface area contributed by atoms with E-state index in [4.69, 9.17) is 0 Å². The van der Waals surface area contributed by atoms with Crippen molar-refractivity contribution in [2.45, 2.75) is 25.2 Å². The molecular formula is C11H12S. The predicted octanol–water partition coefficient (Wildman–Crippen LogP) is 3.36. The Balaban J connectivity index is 2.06. The molecule has 0 bridgehead atoms. The van der Waals surface area contributed by atoms with Gasteiger partial charge in [0.25, 0.3) is 0 Å². The number of hydrogen-bond donors (Lipinski definition) is 0. The molecule has 2 aliphatic rings. The summed E-state index contributed by atoms with van der Waals surface area (Å²) < 4.78 is 0. The summed E-state index contributed by atoms with van der Waals surface area (Å²) in [5.41, 5.74) is 3.74. The average Bonchev–Trinajstić information content (AvgIpc) is 2.52. The van der Waals surface area contributed by atoms with Gasteiger partial charge in [0.2, 0.25) is 0 Å². The van der Waals surface area contributed by atoms with Crippen LogP contribution in [0.1, 0.15) is 25.3 Å². The Morgan fingerprint density at radius 2 is 2.58 bits per heavy atom. The third kappa shape index (κ3) is 0.639. The van der Waals surface area contributed by atoms with Crippen LogP contribution in [0.3, 0.4) is 0 Å². The van der Waals surface area contributed by atoms with Gasteiger partial charge in [0.05, 0.1) is 0 Å². The molecule has 2 unspecified atom stereocenters. The number of thiophene rings is 1. The molecule has 12 heavy (non-hydrogen) atoms. The molecule has 1 heteroatoms. The molecule has 0 nitrogen and oxygen atoms in total. The fourth-order valence-electron chi connectivity index (χ4n) is 2.55. The van der Waals surface area contributed by atoms with E-state index < -0.39 is 0 Å². The Labute approximate surface area is 76.9 Å². The van der Waals surface area contributed by atoms with Crippen LogP contribution >= 0.6 is 11.3 Å². The van der Waals surface area contributed by atoms with E-state index >= 15 is 0 Å². The maximum Gasteiger partial charge on any atom is 0.0209 e. The van der Waals surface area contributed by atoms with Crippen molar-refractivity contribution in [2.24, 2.45) is 5.92 Å². The Hall–Kier alpha value is -0.560. The summed E-state index contributed by atoms with van der Waals surface area (Å²) in [7, 11) is 0. The lowest BCUT2D eigenvalue weighted by atomic mass is 9.69. The molecule has 2 aliphatic carbocycles. The highest BCUT2D eigenvalue weighted by molar-refractivity contribution is 7.08. The second kappa shape index (κ2) is 2.02. The van der Waals surface area contributed by atoms with Gasteiger partial charge in [-0.25, -0.2) is 0 Å². The second-order valence-electron chi connectivity index (χ2n) is 3.88. The molecule has 1 aromatic rings. The first-order valence-electron chi connectivity index (χ1n) is 4.61. The SMILES string of the molecule is CCC1(c2ccsc2)C=C2CC21. The van der Waals surface area contributed by atoms with Gasteiger partial charge < -0.3 is 0 Å². The predicted molar refractivity (Wildman–Crippen MR) is 52.5 cm³/mol. The summed E-state index contributed by atoms with van der Waals surface area (Å²) in [5.74, 6) is 0.928. The quantitative estimate of drug-likeness (QED) is 0.606. The third-order valence-electron chi connectivity index (χ3n) is 3.44. The molecule has 0 aromatic carbocycles. The van der Waals surface area contributed by atoms with Crippen LogP contribution in [0.5, 0.6) is 0 Å².